The molecule has 2 saturated carbocycles. The molecule has 4 atom stereocenters. The molecule has 0 saturated heterocycles. The predicted molar refractivity (Wildman–Crippen MR) is 150 cm³/mol. The first-order valence-electron chi connectivity index (χ1n) is 13.9. The minimum absolute atomic E-state index is 0.0290. The standard InChI is InChI=1S/C33H46O4/c1-20(2)11-10-16-32(8)17-15-25-28(34)27(22(5)24(29(25)37-32)13-12-21(3)4)30(35)36-26-19-23-14-18-33(26,9)31(23,6)7/h10-12,16,23,26,34H,13-15,17-19H2,1-9H3/t23-,26-,32+,33+/m1/s1. The lowest BCUT2D eigenvalue weighted by atomic mass is 9.70. The number of allylic oxidation sites excluding steroid dienone is 5. The van der Waals surface area contributed by atoms with Crippen LogP contribution in [0.1, 0.15) is 108 Å². The molecule has 0 amide bonds. The lowest BCUT2D eigenvalue weighted by molar-refractivity contribution is -0.0245. The van der Waals surface area contributed by atoms with E-state index in [1.165, 1.54) is 17.6 Å². The fourth-order valence-electron chi connectivity index (χ4n) is 6.81. The van der Waals surface area contributed by atoms with Crippen molar-refractivity contribution < 1.29 is 19.4 Å². The molecule has 37 heavy (non-hydrogen) atoms. The van der Waals surface area contributed by atoms with Gasteiger partial charge >= 0.3 is 5.97 Å². The molecule has 4 nitrogen and oxygen atoms in total. The van der Waals surface area contributed by atoms with E-state index in [0.29, 0.717) is 30.1 Å². The summed E-state index contributed by atoms with van der Waals surface area (Å²) in [7, 11) is 0. The van der Waals surface area contributed by atoms with Crippen LogP contribution in [0.5, 0.6) is 11.5 Å². The van der Waals surface area contributed by atoms with E-state index in [0.717, 1.165) is 36.0 Å². The highest BCUT2D eigenvalue weighted by Crippen LogP contribution is 2.66. The quantitative estimate of drug-likeness (QED) is 0.240. The number of hydrogen-bond donors (Lipinski definition) is 1. The zero-order valence-corrected chi connectivity index (χ0v) is 24.4. The molecule has 4 rings (SSSR count). The third-order valence-electron chi connectivity index (χ3n) is 9.87. The number of esters is 1. The van der Waals surface area contributed by atoms with E-state index < -0.39 is 11.6 Å². The minimum atomic E-state index is -0.483. The summed E-state index contributed by atoms with van der Waals surface area (Å²) >= 11 is 0. The Labute approximate surface area is 223 Å². The Hall–Kier alpha value is -2.49. The smallest absolute Gasteiger partial charge is 0.342 e. The van der Waals surface area contributed by atoms with Crippen molar-refractivity contribution >= 4 is 5.97 Å². The number of benzene rings is 1. The molecule has 2 bridgehead atoms. The summed E-state index contributed by atoms with van der Waals surface area (Å²) < 4.78 is 12.9. The van der Waals surface area contributed by atoms with Crippen molar-refractivity contribution in [3.63, 3.8) is 0 Å². The van der Waals surface area contributed by atoms with Gasteiger partial charge in [-0.25, -0.2) is 4.79 Å². The molecular formula is C33H46O4. The summed E-state index contributed by atoms with van der Waals surface area (Å²) in [5.74, 6) is 0.920. The Morgan fingerprint density at radius 1 is 1.11 bits per heavy atom. The SMILES string of the molecule is CC(C)=CC=C[C@@]1(C)CCc2c(O)c(C(=O)O[C@@H]3C[C@H]4CC[C@]3(C)C4(C)C)c(C)c(CC=C(C)C)c2O1. The highest BCUT2D eigenvalue weighted by molar-refractivity contribution is 5.96. The molecule has 4 heteroatoms. The van der Waals surface area contributed by atoms with Crippen LogP contribution in [-0.4, -0.2) is 22.8 Å². The van der Waals surface area contributed by atoms with Crippen molar-refractivity contribution in [1.29, 1.82) is 0 Å². The van der Waals surface area contributed by atoms with Gasteiger partial charge in [-0.3, -0.25) is 0 Å². The third-order valence-corrected chi connectivity index (χ3v) is 9.87. The Balaban J connectivity index is 1.72. The molecule has 1 aromatic rings. The first-order chi connectivity index (χ1) is 17.2. The van der Waals surface area contributed by atoms with E-state index in [1.54, 1.807) is 0 Å². The van der Waals surface area contributed by atoms with Crippen molar-refractivity contribution in [1.82, 2.24) is 0 Å². The summed E-state index contributed by atoms with van der Waals surface area (Å²) in [4.78, 5) is 13.7. The van der Waals surface area contributed by atoms with Crippen LogP contribution in [0, 0.1) is 23.7 Å². The van der Waals surface area contributed by atoms with Crippen LogP contribution in [0.3, 0.4) is 0 Å². The first kappa shape index (κ1) is 27.5. The maximum absolute atomic E-state index is 13.7. The normalized spacial score (nSPS) is 29.5. The van der Waals surface area contributed by atoms with Gasteiger partial charge in [0, 0.05) is 16.5 Å². The zero-order chi connectivity index (χ0) is 27.3. The first-order valence-corrected chi connectivity index (χ1v) is 13.9. The van der Waals surface area contributed by atoms with E-state index in [4.69, 9.17) is 9.47 Å². The second-order valence-corrected chi connectivity index (χ2v) is 13.1. The van der Waals surface area contributed by atoms with Crippen molar-refractivity contribution in [2.75, 3.05) is 0 Å². The summed E-state index contributed by atoms with van der Waals surface area (Å²) in [6.45, 7) is 19.2. The molecule has 0 unspecified atom stereocenters. The summed E-state index contributed by atoms with van der Waals surface area (Å²) in [5.41, 5.74) is 4.81. The summed E-state index contributed by atoms with van der Waals surface area (Å²) in [5, 5.41) is 11.5. The molecule has 0 aromatic heterocycles. The van der Waals surface area contributed by atoms with E-state index in [1.807, 2.05) is 13.0 Å². The highest BCUT2D eigenvalue weighted by Gasteiger charge is 2.63. The second kappa shape index (κ2) is 9.67. The molecule has 202 valence electrons. The fraction of sp³-hybridized carbons (Fsp3) is 0.606. The van der Waals surface area contributed by atoms with E-state index >= 15 is 0 Å². The molecule has 1 N–H and O–H groups in total. The topological polar surface area (TPSA) is 55.8 Å². The van der Waals surface area contributed by atoms with Gasteiger partial charge in [0.15, 0.2) is 0 Å². The average molecular weight is 507 g/mol. The highest BCUT2D eigenvalue weighted by atomic mass is 16.5. The van der Waals surface area contributed by atoms with Gasteiger partial charge < -0.3 is 14.6 Å². The largest absolute Gasteiger partial charge is 0.507 e. The second-order valence-electron chi connectivity index (χ2n) is 13.1. The van der Waals surface area contributed by atoms with Gasteiger partial charge in [0.2, 0.25) is 0 Å². The number of ether oxygens (including phenoxy) is 2. The van der Waals surface area contributed by atoms with Gasteiger partial charge in [-0.2, -0.15) is 0 Å². The molecular weight excluding hydrogens is 460 g/mol. The maximum Gasteiger partial charge on any atom is 0.342 e. The molecule has 1 aromatic carbocycles. The van der Waals surface area contributed by atoms with Crippen molar-refractivity contribution in [3.05, 3.63) is 57.7 Å². The zero-order valence-electron chi connectivity index (χ0n) is 24.4. The number of carbonyl (C=O) groups excluding carboxylic acids is 1. The van der Waals surface area contributed by atoms with Crippen LogP contribution in [0.4, 0.5) is 0 Å². The van der Waals surface area contributed by atoms with Gasteiger partial charge in [0.25, 0.3) is 0 Å². The number of fused-ring (bicyclic) bond motifs is 3. The van der Waals surface area contributed by atoms with Crippen LogP contribution in [0.2, 0.25) is 0 Å². The van der Waals surface area contributed by atoms with Crippen LogP contribution in [0.25, 0.3) is 0 Å². The lowest BCUT2D eigenvalue weighted by Crippen LogP contribution is -2.38. The number of phenols is 1. The molecule has 2 fully saturated rings. The number of carbonyl (C=O) groups is 1. The van der Waals surface area contributed by atoms with Gasteiger partial charge in [0.1, 0.15) is 28.8 Å². The molecule has 3 aliphatic rings. The van der Waals surface area contributed by atoms with Crippen LogP contribution < -0.4 is 4.74 Å². The average Bonchev–Trinajstić information content (AvgIpc) is 3.12. The van der Waals surface area contributed by atoms with E-state index in [2.05, 4.69) is 73.6 Å². The molecule has 1 heterocycles. The maximum atomic E-state index is 13.7. The number of phenolic OH excluding ortho intramolecular Hbond substituents is 1. The van der Waals surface area contributed by atoms with Crippen molar-refractivity contribution in [2.24, 2.45) is 16.7 Å². The molecule has 0 spiro atoms. The van der Waals surface area contributed by atoms with Crippen molar-refractivity contribution in [3.8, 4) is 11.5 Å². The molecule has 0 radical (unpaired) electrons. The van der Waals surface area contributed by atoms with Gasteiger partial charge in [-0.05, 0) is 103 Å². The monoisotopic (exact) mass is 506 g/mol. The molecule has 1 aliphatic heterocycles. The van der Waals surface area contributed by atoms with Crippen LogP contribution in [-0.2, 0) is 17.6 Å². The predicted octanol–water partition coefficient (Wildman–Crippen LogP) is 8.19. The van der Waals surface area contributed by atoms with E-state index in [-0.39, 0.29) is 22.7 Å². The lowest BCUT2D eigenvalue weighted by Gasteiger charge is -2.39. The van der Waals surface area contributed by atoms with E-state index in [9.17, 15) is 9.90 Å². The van der Waals surface area contributed by atoms with Crippen LogP contribution in [0.15, 0.2) is 35.5 Å². The Morgan fingerprint density at radius 3 is 2.38 bits per heavy atom. The van der Waals surface area contributed by atoms with Gasteiger partial charge in [0.05, 0.1) is 0 Å². The minimum Gasteiger partial charge on any atom is -0.507 e. The number of aromatic hydroxyl groups is 1. The van der Waals surface area contributed by atoms with Gasteiger partial charge in [-0.1, -0.05) is 50.1 Å². The number of rotatable bonds is 6. The number of hydrogen-bond acceptors (Lipinski definition) is 4. The van der Waals surface area contributed by atoms with Crippen molar-refractivity contribution in [2.45, 2.75) is 113 Å². The summed E-state index contributed by atoms with van der Waals surface area (Å²) in [6, 6.07) is 0. The molecule has 2 aliphatic carbocycles. The fourth-order valence-corrected chi connectivity index (χ4v) is 6.81. The summed E-state index contributed by atoms with van der Waals surface area (Å²) in [6.07, 6.45) is 13.4. The third kappa shape index (κ3) is 4.77. The Morgan fingerprint density at radius 2 is 1.81 bits per heavy atom. The Bertz CT molecular complexity index is 1180. The van der Waals surface area contributed by atoms with Gasteiger partial charge in [-0.15, -0.1) is 0 Å². The van der Waals surface area contributed by atoms with Crippen LogP contribution >= 0.6 is 0 Å². The Kier molecular flexibility index (Phi) is 7.20.